The Labute approximate surface area is 130 Å². The Hall–Kier alpha value is -1.40. The Kier molecular flexibility index (Phi) is 5.76. The summed E-state index contributed by atoms with van der Waals surface area (Å²) in [4.78, 5) is 0. The molecule has 1 aromatic carbocycles. The largest absolute Gasteiger partial charge is 0.486 e. The van der Waals surface area contributed by atoms with Gasteiger partial charge in [-0.2, -0.15) is 4.39 Å². The van der Waals surface area contributed by atoms with E-state index in [1.54, 1.807) is 12.3 Å². The minimum atomic E-state index is -0.993. The van der Waals surface area contributed by atoms with Crippen LogP contribution in [0, 0.1) is 11.6 Å². The molecule has 0 atom stereocenters. The first kappa shape index (κ1) is 16.0. The molecule has 3 nitrogen and oxygen atoms in total. The van der Waals surface area contributed by atoms with Crippen molar-refractivity contribution >= 4 is 15.9 Å². The van der Waals surface area contributed by atoms with Crippen LogP contribution >= 0.6 is 15.9 Å². The van der Waals surface area contributed by atoms with Gasteiger partial charge < -0.3 is 14.5 Å². The van der Waals surface area contributed by atoms with Crippen molar-refractivity contribution in [2.45, 2.75) is 26.5 Å². The van der Waals surface area contributed by atoms with Gasteiger partial charge in [-0.25, -0.2) is 4.39 Å². The highest BCUT2D eigenvalue weighted by Crippen LogP contribution is 2.26. The second kappa shape index (κ2) is 7.56. The molecule has 0 saturated carbocycles. The summed E-state index contributed by atoms with van der Waals surface area (Å²) in [6, 6.07) is 4.21. The molecule has 2 aromatic rings. The molecule has 0 aliphatic carbocycles. The number of nitrogens with one attached hydrogen (secondary N) is 1. The zero-order chi connectivity index (χ0) is 15.2. The van der Waals surface area contributed by atoms with Crippen LogP contribution < -0.4 is 10.1 Å². The van der Waals surface area contributed by atoms with Crippen LogP contribution in [0.25, 0.3) is 0 Å². The van der Waals surface area contributed by atoms with Crippen LogP contribution in [0.5, 0.6) is 5.75 Å². The van der Waals surface area contributed by atoms with Gasteiger partial charge in [0.05, 0.1) is 12.8 Å². The lowest BCUT2D eigenvalue weighted by atomic mass is 10.2. The highest BCUT2D eigenvalue weighted by molar-refractivity contribution is 9.10. The molecule has 1 aromatic heterocycles. The van der Waals surface area contributed by atoms with Crippen molar-refractivity contribution in [1.29, 1.82) is 0 Å². The van der Waals surface area contributed by atoms with E-state index in [2.05, 4.69) is 28.2 Å². The molecular formula is C15H16BrF2NO2. The Balaban J connectivity index is 2.02. The third kappa shape index (κ3) is 4.28. The molecule has 1 heterocycles. The fraction of sp³-hybridized carbons (Fsp3) is 0.333. The molecule has 0 radical (unpaired) electrons. The molecule has 21 heavy (non-hydrogen) atoms. The van der Waals surface area contributed by atoms with Gasteiger partial charge in [0, 0.05) is 10.0 Å². The maximum absolute atomic E-state index is 13.6. The predicted octanol–water partition coefficient (Wildman–Crippen LogP) is 4.40. The quantitative estimate of drug-likeness (QED) is 0.587. The van der Waals surface area contributed by atoms with Crippen molar-refractivity contribution in [3.8, 4) is 5.75 Å². The summed E-state index contributed by atoms with van der Waals surface area (Å²) in [5.41, 5.74) is 0.804. The van der Waals surface area contributed by atoms with Gasteiger partial charge in [-0.15, -0.1) is 0 Å². The molecule has 1 N–H and O–H groups in total. The second-order valence-electron chi connectivity index (χ2n) is 4.53. The van der Waals surface area contributed by atoms with Crippen LogP contribution in [0.4, 0.5) is 8.78 Å². The summed E-state index contributed by atoms with van der Waals surface area (Å²) in [6.45, 7) is 3.65. The van der Waals surface area contributed by atoms with E-state index in [0.29, 0.717) is 11.0 Å². The maximum atomic E-state index is 13.6. The molecule has 0 unspecified atom stereocenters. The Bertz CT molecular complexity index is 601. The smallest absolute Gasteiger partial charge is 0.200 e. The fourth-order valence-electron chi connectivity index (χ4n) is 1.82. The molecule has 0 aliphatic rings. The zero-order valence-electron chi connectivity index (χ0n) is 11.6. The van der Waals surface area contributed by atoms with Crippen LogP contribution in [0.2, 0.25) is 0 Å². The van der Waals surface area contributed by atoms with E-state index < -0.39 is 11.6 Å². The van der Waals surface area contributed by atoms with E-state index in [0.717, 1.165) is 30.4 Å². The molecular weight excluding hydrogens is 344 g/mol. The SMILES string of the molecule is CCCNCc1occc1COc1cc(Br)cc(F)c1F. The number of rotatable bonds is 7. The van der Waals surface area contributed by atoms with E-state index in [4.69, 9.17) is 9.15 Å². The minimum Gasteiger partial charge on any atom is -0.486 e. The van der Waals surface area contributed by atoms with Gasteiger partial charge in [0.2, 0.25) is 5.82 Å². The number of hydrogen-bond acceptors (Lipinski definition) is 3. The van der Waals surface area contributed by atoms with Crippen LogP contribution in [0.15, 0.2) is 33.4 Å². The van der Waals surface area contributed by atoms with Crippen molar-refractivity contribution in [1.82, 2.24) is 5.32 Å². The zero-order valence-corrected chi connectivity index (χ0v) is 13.2. The molecule has 2 rings (SSSR count). The van der Waals surface area contributed by atoms with Gasteiger partial charge in [0.1, 0.15) is 12.4 Å². The van der Waals surface area contributed by atoms with Gasteiger partial charge in [0.25, 0.3) is 0 Å². The molecule has 114 valence electrons. The molecule has 6 heteroatoms. The lowest BCUT2D eigenvalue weighted by Gasteiger charge is -2.09. The summed E-state index contributed by atoms with van der Waals surface area (Å²) in [6.07, 6.45) is 2.58. The van der Waals surface area contributed by atoms with Crippen molar-refractivity contribution in [2.24, 2.45) is 0 Å². The number of ether oxygens (including phenoxy) is 1. The average Bonchev–Trinajstić information content (AvgIpc) is 2.89. The second-order valence-corrected chi connectivity index (χ2v) is 5.45. The summed E-state index contributed by atoms with van der Waals surface area (Å²) in [7, 11) is 0. The van der Waals surface area contributed by atoms with Crippen molar-refractivity contribution in [3.63, 3.8) is 0 Å². The lowest BCUT2D eigenvalue weighted by molar-refractivity contribution is 0.280. The summed E-state index contributed by atoms with van der Waals surface area (Å²) >= 11 is 3.11. The van der Waals surface area contributed by atoms with Crippen LogP contribution in [-0.4, -0.2) is 6.54 Å². The van der Waals surface area contributed by atoms with Crippen molar-refractivity contribution in [3.05, 3.63) is 51.9 Å². The number of halogens is 3. The average molecular weight is 360 g/mol. The van der Waals surface area contributed by atoms with Crippen LogP contribution in [0.1, 0.15) is 24.7 Å². The molecule has 0 spiro atoms. The van der Waals surface area contributed by atoms with Gasteiger partial charge >= 0.3 is 0 Å². The highest BCUT2D eigenvalue weighted by atomic mass is 79.9. The van der Waals surface area contributed by atoms with E-state index in [1.807, 2.05) is 0 Å². The minimum absolute atomic E-state index is 0.118. The van der Waals surface area contributed by atoms with Gasteiger partial charge in [0.15, 0.2) is 11.6 Å². The van der Waals surface area contributed by atoms with Crippen LogP contribution in [0.3, 0.4) is 0 Å². The molecule has 0 fully saturated rings. The third-order valence-corrected chi connectivity index (χ3v) is 3.35. The van der Waals surface area contributed by atoms with Crippen molar-refractivity contribution in [2.75, 3.05) is 6.54 Å². The maximum Gasteiger partial charge on any atom is 0.200 e. The molecule has 0 aliphatic heterocycles. The van der Waals surface area contributed by atoms with E-state index in [-0.39, 0.29) is 12.4 Å². The normalized spacial score (nSPS) is 10.9. The number of hydrogen-bond donors (Lipinski definition) is 1. The first-order chi connectivity index (χ1) is 10.1. The predicted molar refractivity (Wildman–Crippen MR) is 79.1 cm³/mol. The summed E-state index contributed by atoms with van der Waals surface area (Å²) in [5.74, 6) is -1.33. The third-order valence-electron chi connectivity index (χ3n) is 2.89. The number of benzene rings is 1. The Morgan fingerprint density at radius 1 is 1.33 bits per heavy atom. The van der Waals surface area contributed by atoms with Crippen LogP contribution in [-0.2, 0) is 13.2 Å². The summed E-state index contributed by atoms with van der Waals surface area (Å²) < 4.78 is 38.0. The topological polar surface area (TPSA) is 34.4 Å². The van der Waals surface area contributed by atoms with Gasteiger partial charge in [-0.3, -0.25) is 0 Å². The van der Waals surface area contributed by atoms with Gasteiger partial charge in [-0.05, 0) is 31.2 Å². The van der Waals surface area contributed by atoms with E-state index in [9.17, 15) is 8.78 Å². The monoisotopic (exact) mass is 359 g/mol. The van der Waals surface area contributed by atoms with Gasteiger partial charge in [-0.1, -0.05) is 22.9 Å². The molecule has 0 amide bonds. The highest BCUT2D eigenvalue weighted by Gasteiger charge is 2.13. The Morgan fingerprint density at radius 2 is 2.14 bits per heavy atom. The Morgan fingerprint density at radius 3 is 2.90 bits per heavy atom. The fourth-order valence-corrected chi connectivity index (χ4v) is 2.23. The first-order valence-corrected chi connectivity index (χ1v) is 7.44. The van der Waals surface area contributed by atoms with E-state index in [1.165, 1.54) is 6.07 Å². The lowest BCUT2D eigenvalue weighted by Crippen LogP contribution is -2.14. The standard InChI is InChI=1S/C15H16BrF2NO2/c1-2-4-19-8-14-10(3-5-20-14)9-21-13-7-11(16)6-12(17)15(13)18/h3,5-7,19H,2,4,8-9H2,1H3. The molecule has 0 bridgehead atoms. The van der Waals surface area contributed by atoms with Crippen molar-refractivity contribution < 1.29 is 17.9 Å². The molecule has 0 saturated heterocycles. The first-order valence-electron chi connectivity index (χ1n) is 6.65. The summed E-state index contributed by atoms with van der Waals surface area (Å²) in [5, 5.41) is 3.21. The number of furan rings is 1. The van der Waals surface area contributed by atoms with E-state index >= 15 is 0 Å².